The second-order valence-electron chi connectivity index (χ2n) is 5.18. The Kier molecular flexibility index (Phi) is 5.08. The molecule has 1 aliphatic carbocycles. The van der Waals surface area contributed by atoms with Crippen molar-refractivity contribution in [1.82, 2.24) is 4.98 Å². The van der Waals surface area contributed by atoms with Gasteiger partial charge in [0.1, 0.15) is 0 Å². The Balaban J connectivity index is 2.06. The predicted octanol–water partition coefficient (Wildman–Crippen LogP) is 2.77. The average molecular weight is 293 g/mol. The van der Waals surface area contributed by atoms with Gasteiger partial charge < -0.3 is 10.1 Å². The molecule has 0 atom stereocenters. The molecule has 1 aromatic rings. The van der Waals surface area contributed by atoms with E-state index in [4.69, 9.17) is 0 Å². The van der Waals surface area contributed by atoms with Gasteiger partial charge >= 0.3 is 11.7 Å². The summed E-state index contributed by atoms with van der Waals surface area (Å²) in [6.07, 6.45) is 5.93. The largest absolute Gasteiger partial charge is 0.464 e. The molecule has 0 saturated heterocycles. The molecule has 114 valence electrons. The van der Waals surface area contributed by atoms with Crippen molar-refractivity contribution in [3.05, 3.63) is 27.9 Å². The maximum absolute atomic E-state index is 11.4. The van der Waals surface area contributed by atoms with E-state index in [1.807, 2.05) is 0 Å². The number of nitro groups is 1. The van der Waals surface area contributed by atoms with Crippen molar-refractivity contribution < 1.29 is 14.5 Å². The van der Waals surface area contributed by atoms with Gasteiger partial charge in [-0.05, 0) is 18.4 Å². The topological polar surface area (TPSA) is 94.4 Å². The third kappa shape index (κ3) is 3.90. The lowest BCUT2D eigenvalue weighted by Crippen LogP contribution is -2.12. The molecule has 1 fully saturated rings. The lowest BCUT2D eigenvalue weighted by molar-refractivity contribution is -0.384. The van der Waals surface area contributed by atoms with Crippen LogP contribution in [0.1, 0.15) is 42.6 Å². The number of ether oxygens (including phenoxy) is 1. The van der Waals surface area contributed by atoms with Crippen molar-refractivity contribution in [2.75, 3.05) is 19.0 Å². The summed E-state index contributed by atoms with van der Waals surface area (Å²) in [7, 11) is 1.25. The first-order valence-electron chi connectivity index (χ1n) is 7.09. The van der Waals surface area contributed by atoms with E-state index in [1.165, 1.54) is 44.9 Å². The third-order valence-electron chi connectivity index (χ3n) is 3.78. The SMILES string of the molecule is COC(=O)c1ccc([N+](=O)[O-])c(NCCC2CCCC2)n1. The highest BCUT2D eigenvalue weighted by Crippen LogP contribution is 2.28. The fourth-order valence-corrected chi connectivity index (χ4v) is 2.64. The zero-order valence-electron chi connectivity index (χ0n) is 12.0. The molecule has 1 aromatic heterocycles. The standard InChI is InChI=1S/C14H19N3O4/c1-21-14(18)11-6-7-12(17(19)20)13(16-11)15-9-8-10-4-2-3-5-10/h6-7,10H,2-5,8-9H2,1H3,(H,15,16). The van der Waals surface area contributed by atoms with Crippen LogP contribution in [-0.4, -0.2) is 29.5 Å². The first-order valence-corrected chi connectivity index (χ1v) is 7.09. The van der Waals surface area contributed by atoms with E-state index in [9.17, 15) is 14.9 Å². The Morgan fingerprint density at radius 2 is 2.19 bits per heavy atom. The molecule has 7 nitrogen and oxygen atoms in total. The van der Waals surface area contributed by atoms with Gasteiger partial charge in [-0.3, -0.25) is 10.1 Å². The minimum absolute atomic E-state index is 0.0615. The minimum atomic E-state index is -0.608. The summed E-state index contributed by atoms with van der Waals surface area (Å²) >= 11 is 0. The predicted molar refractivity (Wildman–Crippen MR) is 77.3 cm³/mol. The number of anilines is 1. The molecule has 0 amide bonds. The van der Waals surface area contributed by atoms with Crippen LogP contribution in [0.3, 0.4) is 0 Å². The van der Waals surface area contributed by atoms with Gasteiger partial charge in [0, 0.05) is 12.6 Å². The number of hydrogen-bond donors (Lipinski definition) is 1. The smallest absolute Gasteiger partial charge is 0.356 e. The number of esters is 1. The molecule has 0 spiro atoms. The highest BCUT2D eigenvalue weighted by Gasteiger charge is 2.20. The van der Waals surface area contributed by atoms with Crippen molar-refractivity contribution in [1.29, 1.82) is 0 Å². The van der Waals surface area contributed by atoms with Crippen LogP contribution >= 0.6 is 0 Å². The van der Waals surface area contributed by atoms with Crippen LogP contribution in [0.15, 0.2) is 12.1 Å². The van der Waals surface area contributed by atoms with Gasteiger partial charge in [0.2, 0.25) is 5.82 Å². The maximum Gasteiger partial charge on any atom is 0.356 e. The Morgan fingerprint density at radius 1 is 1.48 bits per heavy atom. The fourth-order valence-electron chi connectivity index (χ4n) is 2.64. The van der Waals surface area contributed by atoms with Crippen LogP contribution in [0.2, 0.25) is 0 Å². The number of carbonyl (C=O) groups excluding carboxylic acids is 1. The van der Waals surface area contributed by atoms with Crippen molar-refractivity contribution in [3.8, 4) is 0 Å². The summed E-state index contributed by atoms with van der Waals surface area (Å²) in [4.78, 5) is 25.9. The van der Waals surface area contributed by atoms with Gasteiger partial charge in [-0.2, -0.15) is 0 Å². The first-order chi connectivity index (χ1) is 10.1. The summed E-state index contributed by atoms with van der Waals surface area (Å²) in [6.45, 7) is 0.614. The molecule has 0 aromatic carbocycles. The average Bonchev–Trinajstić information content (AvgIpc) is 2.99. The number of nitrogens with one attached hydrogen (secondary N) is 1. The second-order valence-corrected chi connectivity index (χ2v) is 5.18. The Morgan fingerprint density at radius 3 is 2.81 bits per heavy atom. The van der Waals surface area contributed by atoms with E-state index in [-0.39, 0.29) is 17.2 Å². The van der Waals surface area contributed by atoms with Gasteiger partial charge in [-0.25, -0.2) is 9.78 Å². The maximum atomic E-state index is 11.4. The molecule has 1 saturated carbocycles. The number of carbonyl (C=O) groups is 1. The van der Waals surface area contributed by atoms with Gasteiger partial charge in [0.25, 0.3) is 0 Å². The number of nitrogens with zero attached hydrogens (tertiary/aromatic N) is 2. The number of hydrogen-bond acceptors (Lipinski definition) is 6. The number of pyridine rings is 1. The normalized spacial score (nSPS) is 14.9. The summed E-state index contributed by atoms with van der Waals surface area (Å²) < 4.78 is 4.58. The van der Waals surface area contributed by atoms with E-state index in [2.05, 4.69) is 15.0 Å². The van der Waals surface area contributed by atoms with E-state index < -0.39 is 10.9 Å². The van der Waals surface area contributed by atoms with E-state index in [0.717, 1.165) is 6.42 Å². The minimum Gasteiger partial charge on any atom is -0.464 e. The first kappa shape index (κ1) is 15.2. The van der Waals surface area contributed by atoms with E-state index in [0.29, 0.717) is 12.5 Å². The molecule has 0 unspecified atom stereocenters. The van der Waals surface area contributed by atoms with Crippen LogP contribution in [0.25, 0.3) is 0 Å². The van der Waals surface area contributed by atoms with Crippen molar-refractivity contribution in [3.63, 3.8) is 0 Å². The molecule has 0 aliphatic heterocycles. The summed E-state index contributed by atoms with van der Waals surface area (Å²) in [6, 6.07) is 2.57. The molecular weight excluding hydrogens is 274 g/mol. The lowest BCUT2D eigenvalue weighted by Gasteiger charge is -2.11. The molecule has 1 N–H and O–H groups in total. The zero-order chi connectivity index (χ0) is 15.2. The van der Waals surface area contributed by atoms with Crippen molar-refractivity contribution in [2.24, 2.45) is 5.92 Å². The van der Waals surface area contributed by atoms with Crippen LogP contribution in [0.5, 0.6) is 0 Å². The molecule has 0 bridgehead atoms. The van der Waals surface area contributed by atoms with Crippen LogP contribution in [0, 0.1) is 16.0 Å². The van der Waals surface area contributed by atoms with Gasteiger partial charge in [-0.1, -0.05) is 25.7 Å². The Bertz CT molecular complexity index is 527. The summed E-state index contributed by atoms with van der Waals surface area (Å²) in [5, 5.41) is 14.0. The van der Waals surface area contributed by atoms with Gasteiger partial charge in [-0.15, -0.1) is 0 Å². The number of aromatic nitrogens is 1. The van der Waals surface area contributed by atoms with Gasteiger partial charge in [0.15, 0.2) is 5.69 Å². The molecule has 7 heteroatoms. The second kappa shape index (κ2) is 7.01. The van der Waals surface area contributed by atoms with Crippen molar-refractivity contribution >= 4 is 17.5 Å². The number of rotatable bonds is 6. The quantitative estimate of drug-likeness (QED) is 0.492. The highest BCUT2D eigenvalue weighted by atomic mass is 16.6. The Labute approximate surface area is 122 Å². The third-order valence-corrected chi connectivity index (χ3v) is 3.78. The van der Waals surface area contributed by atoms with E-state index in [1.54, 1.807) is 0 Å². The van der Waals surface area contributed by atoms with E-state index >= 15 is 0 Å². The summed E-state index contributed by atoms with van der Waals surface area (Å²) in [5.74, 6) is 0.199. The Hall–Kier alpha value is -2.18. The summed E-state index contributed by atoms with van der Waals surface area (Å²) in [5.41, 5.74) is -0.0689. The highest BCUT2D eigenvalue weighted by molar-refractivity contribution is 5.88. The monoisotopic (exact) mass is 293 g/mol. The lowest BCUT2D eigenvalue weighted by atomic mass is 10.0. The molecule has 0 radical (unpaired) electrons. The van der Waals surface area contributed by atoms with Gasteiger partial charge in [0.05, 0.1) is 12.0 Å². The fraction of sp³-hybridized carbons (Fsp3) is 0.571. The molecule has 1 aliphatic rings. The molecule has 21 heavy (non-hydrogen) atoms. The molecular formula is C14H19N3O4. The zero-order valence-corrected chi connectivity index (χ0v) is 12.0. The van der Waals surface area contributed by atoms with Crippen molar-refractivity contribution in [2.45, 2.75) is 32.1 Å². The molecule has 2 rings (SSSR count). The van der Waals surface area contributed by atoms with Crippen LogP contribution in [0.4, 0.5) is 11.5 Å². The number of methoxy groups -OCH3 is 1. The van der Waals surface area contributed by atoms with Crippen LogP contribution in [-0.2, 0) is 4.74 Å². The molecule has 1 heterocycles. The van der Waals surface area contributed by atoms with Crippen LogP contribution < -0.4 is 5.32 Å².